The Balaban J connectivity index is 2.51. The summed E-state index contributed by atoms with van der Waals surface area (Å²) in [6, 6.07) is 5.27. The summed E-state index contributed by atoms with van der Waals surface area (Å²) in [6.45, 7) is 0. The van der Waals surface area contributed by atoms with Crippen LogP contribution in [0.3, 0.4) is 0 Å². The van der Waals surface area contributed by atoms with E-state index in [2.05, 4.69) is 19.9 Å². The molecule has 0 saturated carbocycles. The van der Waals surface area contributed by atoms with Crippen molar-refractivity contribution in [2.75, 3.05) is 5.73 Å². The Kier molecular flexibility index (Phi) is 2.57. The Morgan fingerprint density at radius 2 is 2.19 bits per heavy atom. The lowest BCUT2D eigenvalue weighted by Crippen LogP contribution is -2.00. The summed E-state index contributed by atoms with van der Waals surface area (Å²) in [6.07, 6.45) is 1.45. The quantitative estimate of drug-likeness (QED) is 0.709. The zero-order valence-electron chi connectivity index (χ0n) is 8.01. The van der Waals surface area contributed by atoms with Gasteiger partial charge in [0, 0.05) is 6.20 Å². The van der Waals surface area contributed by atoms with E-state index < -0.39 is 0 Å². The van der Waals surface area contributed by atoms with Crippen LogP contribution in [0, 0.1) is 16.1 Å². The minimum Gasteiger partial charge on any atom is -0.369 e. The normalized spacial score (nSPS) is 9.69. The highest BCUT2D eigenvalue weighted by atomic mass is 32.1. The van der Waals surface area contributed by atoms with Crippen LogP contribution in [0.25, 0.3) is 11.5 Å². The highest BCUT2D eigenvalue weighted by molar-refractivity contribution is 7.71. The summed E-state index contributed by atoms with van der Waals surface area (Å²) in [5.41, 5.74) is 6.53. The highest BCUT2D eigenvalue weighted by Gasteiger charge is 2.03. The predicted octanol–water partition coefficient (Wildman–Crippen LogP) is 1.05. The lowest BCUT2D eigenvalue weighted by atomic mass is 10.2. The van der Waals surface area contributed by atoms with Crippen LogP contribution in [0.5, 0.6) is 0 Å². The van der Waals surface area contributed by atoms with Crippen molar-refractivity contribution in [3.05, 3.63) is 28.7 Å². The minimum absolute atomic E-state index is 0.150. The van der Waals surface area contributed by atoms with E-state index in [1.807, 2.05) is 6.07 Å². The van der Waals surface area contributed by atoms with Crippen molar-refractivity contribution in [2.24, 2.45) is 0 Å². The number of hydrogen-bond donors (Lipinski definition) is 2. The van der Waals surface area contributed by atoms with E-state index in [-0.39, 0.29) is 10.7 Å². The molecule has 2 rings (SSSR count). The molecular formula is C9H6N6S. The molecule has 3 N–H and O–H groups in total. The third-order valence-electron chi connectivity index (χ3n) is 1.81. The molecule has 0 unspecified atom stereocenters. The number of nitriles is 1. The SMILES string of the molecule is N#Cc1ccc(-c2nc(=S)nc(N)[nH]2)nc1. The molecule has 0 fully saturated rings. The molecule has 2 aromatic rings. The molecule has 0 bridgehead atoms. The fraction of sp³-hybridized carbons (Fsp3) is 0. The van der Waals surface area contributed by atoms with Gasteiger partial charge in [-0.3, -0.25) is 4.98 Å². The Bertz CT molecular complexity index is 609. The first-order valence-electron chi connectivity index (χ1n) is 4.29. The summed E-state index contributed by atoms with van der Waals surface area (Å²) >= 11 is 4.83. The van der Waals surface area contributed by atoms with Gasteiger partial charge >= 0.3 is 0 Å². The second kappa shape index (κ2) is 4.04. The van der Waals surface area contributed by atoms with E-state index in [4.69, 9.17) is 23.2 Å². The molecule has 6 nitrogen and oxygen atoms in total. The van der Waals surface area contributed by atoms with Crippen molar-refractivity contribution in [3.63, 3.8) is 0 Å². The van der Waals surface area contributed by atoms with Crippen LogP contribution >= 0.6 is 12.2 Å². The average molecular weight is 230 g/mol. The standard InChI is InChI=1S/C9H6N6S/c10-3-5-1-2-6(12-4-5)7-13-8(11)15-9(16)14-7/h1-2,4H,(H3,11,13,14,15,16). The number of nitrogen functional groups attached to an aromatic ring is 1. The Labute approximate surface area is 95.8 Å². The first kappa shape index (κ1) is 10.2. The van der Waals surface area contributed by atoms with Crippen molar-refractivity contribution < 1.29 is 0 Å². The van der Waals surface area contributed by atoms with Gasteiger partial charge in [0.1, 0.15) is 11.8 Å². The molecule has 7 heteroatoms. The Morgan fingerprint density at radius 3 is 2.75 bits per heavy atom. The first-order valence-corrected chi connectivity index (χ1v) is 4.70. The smallest absolute Gasteiger partial charge is 0.224 e. The van der Waals surface area contributed by atoms with Crippen molar-refractivity contribution in [3.8, 4) is 17.6 Å². The Hall–Kier alpha value is -2.33. The largest absolute Gasteiger partial charge is 0.369 e. The molecule has 0 saturated heterocycles. The predicted molar refractivity (Wildman–Crippen MR) is 59.6 cm³/mol. The zero-order chi connectivity index (χ0) is 11.5. The lowest BCUT2D eigenvalue weighted by Gasteiger charge is -2.00. The van der Waals surface area contributed by atoms with Gasteiger partial charge in [0.05, 0.1) is 5.56 Å². The second-order valence-corrected chi connectivity index (χ2v) is 3.27. The molecule has 0 aliphatic carbocycles. The van der Waals surface area contributed by atoms with Gasteiger partial charge in [-0.15, -0.1) is 0 Å². The van der Waals surface area contributed by atoms with Crippen LogP contribution in [0.2, 0.25) is 0 Å². The van der Waals surface area contributed by atoms with Crippen LogP contribution in [-0.2, 0) is 0 Å². The third kappa shape index (κ3) is 2.02. The maximum atomic E-state index is 8.63. The van der Waals surface area contributed by atoms with E-state index in [1.54, 1.807) is 12.1 Å². The number of anilines is 1. The van der Waals surface area contributed by atoms with Crippen molar-refractivity contribution in [1.29, 1.82) is 5.26 Å². The zero-order valence-corrected chi connectivity index (χ0v) is 8.82. The van der Waals surface area contributed by atoms with E-state index >= 15 is 0 Å². The van der Waals surface area contributed by atoms with Crippen molar-refractivity contribution in [1.82, 2.24) is 19.9 Å². The molecule has 0 aliphatic heterocycles. The van der Waals surface area contributed by atoms with Crippen LogP contribution in [0.1, 0.15) is 5.56 Å². The number of nitrogens with one attached hydrogen (secondary N) is 1. The number of pyridine rings is 1. The summed E-state index contributed by atoms with van der Waals surface area (Å²) in [4.78, 5) is 14.5. The number of hydrogen-bond acceptors (Lipinski definition) is 6. The van der Waals surface area contributed by atoms with Gasteiger partial charge in [0.2, 0.25) is 10.7 Å². The molecule has 0 amide bonds. The van der Waals surface area contributed by atoms with Gasteiger partial charge in [0.15, 0.2) is 5.82 Å². The Morgan fingerprint density at radius 1 is 1.38 bits per heavy atom. The van der Waals surface area contributed by atoms with Crippen molar-refractivity contribution in [2.45, 2.75) is 0 Å². The molecular weight excluding hydrogens is 224 g/mol. The van der Waals surface area contributed by atoms with Gasteiger partial charge < -0.3 is 10.7 Å². The highest BCUT2D eigenvalue weighted by Crippen LogP contribution is 2.11. The summed E-state index contributed by atoms with van der Waals surface area (Å²) in [5, 5.41) is 8.63. The fourth-order valence-electron chi connectivity index (χ4n) is 1.12. The summed E-state index contributed by atoms with van der Waals surface area (Å²) in [7, 11) is 0. The van der Waals surface area contributed by atoms with Gasteiger partial charge in [-0.25, -0.2) is 0 Å². The first-order chi connectivity index (χ1) is 7.69. The third-order valence-corrected chi connectivity index (χ3v) is 1.99. The van der Waals surface area contributed by atoms with E-state index in [0.717, 1.165) is 0 Å². The number of H-pyrrole nitrogens is 1. The minimum atomic E-state index is 0.150. The average Bonchev–Trinajstić information content (AvgIpc) is 2.28. The molecule has 0 atom stereocenters. The van der Waals surface area contributed by atoms with Gasteiger partial charge in [-0.2, -0.15) is 15.2 Å². The molecule has 2 aromatic heterocycles. The van der Waals surface area contributed by atoms with Crippen LogP contribution < -0.4 is 5.73 Å². The fourth-order valence-corrected chi connectivity index (χ4v) is 1.31. The molecule has 0 spiro atoms. The van der Waals surface area contributed by atoms with E-state index in [0.29, 0.717) is 17.1 Å². The number of aromatic amines is 1. The van der Waals surface area contributed by atoms with Crippen molar-refractivity contribution >= 4 is 18.2 Å². The number of nitrogens with zero attached hydrogens (tertiary/aromatic N) is 4. The van der Waals surface area contributed by atoms with Gasteiger partial charge in [-0.05, 0) is 24.4 Å². The molecule has 0 aliphatic rings. The molecule has 16 heavy (non-hydrogen) atoms. The number of nitrogens with two attached hydrogens (primary N) is 1. The number of rotatable bonds is 1. The summed E-state index contributed by atoms with van der Waals surface area (Å²) < 4.78 is 0.150. The maximum Gasteiger partial charge on any atom is 0.224 e. The molecule has 0 radical (unpaired) electrons. The van der Waals surface area contributed by atoms with Gasteiger partial charge in [0.25, 0.3) is 0 Å². The van der Waals surface area contributed by atoms with Crippen LogP contribution in [0.4, 0.5) is 5.95 Å². The molecule has 0 aromatic carbocycles. The van der Waals surface area contributed by atoms with E-state index in [9.17, 15) is 0 Å². The maximum absolute atomic E-state index is 8.63. The van der Waals surface area contributed by atoms with Crippen LogP contribution in [-0.4, -0.2) is 19.9 Å². The summed E-state index contributed by atoms with van der Waals surface area (Å²) in [5.74, 6) is 0.614. The van der Waals surface area contributed by atoms with Gasteiger partial charge in [-0.1, -0.05) is 0 Å². The van der Waals surface area contributed by atoms with Crippen LogP contribution in [0.15, 0.2) is 18.3 Å². The number of aromatic nitrogens is 4. The topological polar surface area (TPSA) is 104 Å². The lowest BCUT2D eigenvalue weighted by molar-refractivity contribution is 1.04. The second-order valence-electron chi connectivity index (χ2n) is 2.91. The molecule has 78 valence electrons. The monoisotopic (exact) mass is 230 g/mol. The van der Waals surface area contributed by atoms with E-state index in [1.165, 1.54) is 6.20 Å². The molecule has 2 heterocycles.